The molecule has 0 bridgehead atoms. The Balaban J connectivity index is 1.87. The van der Waals surface area contributed by atoms with Gasteiger partial charge in [0.05, 0.1) is 22.9 Å². The summed E-state index contributed by atoms with van der Waals surface area (Å²) in [6.45, 7) is 0. The van der Waals surface area contributed by atoms with Crippen LogP contribution in [0.4, 0.5) is 10.2 Å². The molecule has 3 aromatic rings. The van der Waals surface area contributed by atoms with Crippen molar-refractivity contribution in [1.29, 1.82) is 0 Å². The maximum absolute atomic E-state index is 13.2. The van der Waals surface area contributed by atoms with Crippen LogP contribution >= 0.6 is 11.8 Å². The van der Waals surface area contributed by atoms with E-state index in [1.54, 1.807) is 29.3 Å². The molecule has 0 saturated carbocycles. The number of thioether (sulfide) groups is 1. The van der Waals surface area contributed by atoms with E-state index in [0.717, 1.165) is 16.9 Å². The number of amides is 1. The largest absolute Gasteiger partial charge is 0.308 e. The Morgan fingerprint density at radius 2 is 2.12 bits per heavy atom. The third-order valence-corrected chi connectivity index (χ3v) is 5.08. The number of aryl methyl sites for hydroxylation is 1. The molecule has 0 radical (unpaired) electrons. The molecule has 8 heteroatoms. The van der Waals surface area contributed by atoms with Crippen LogP contribution < -0.4 is 5.32 Å². The molecule has 0 aliphatic carbocycles. The normalized spacial score (nSPS) is 17.2. The van der Waals surface area contributed by atoms with Gasteiger partial charge in [-0.25, -0.2) is 9.37 Å². The number of carbonyl (C=O) groups excluding carboxylic acids is 1. The standard InChI is InChI=1S/C16H14FN5OS/c1-21-7-10(6-19-21)15-14-16(20-13(23)8-24-15)18-9-22(14)12-4-2-11(17)3-5-12/h2-7,9,15H,8H2,1H3,(H,20,23)/t15-/m0/s1. The zero-order valence-corrected chi connectivity index (χ0v) is 13.6. The zero-order valence-electron chi connectivity index (χ0n) is 12.8. The Morgan fingerprint density at radius 1 is 1.33 bits per heavy atom. The average molecular weight is 343 g/mol. The summed E-state index contributed by atoms with van der Waals surface area (Å²) < 4.78 is 16.8. The first-order valence-electron chi connectivity index (χ1n) is 7.35. The second-order valence-corrected chi connectivity index (χ2v) is 6.60. The molecule has 0 unspecified atom stereocenters. The van der Waals surface area contributed by atoms with Gasteiger partial charge in [-0.2, -0.15) is 5.10 Å². The van der Waals surface area contributed by atoms with Crippen LogP contribution in [0.5, 0.6) is 0 Å². The highest BCUT2D eigenvalue weighted by Crippen LogP contribution is 2.41. The molecule has 0 saturated heterocycles. The van der Waals surface area contributed by atoms with Crippen LogP contribution in [0, 0.1) is 5.82 Å². The van der Waals surface area contributed by atoms with Crippen molar-refractivity contribution in [3.05, 3.63) is 60.1 Å². The molecule has 1 atom stereocenters. The summed E-state index contributed by atoms with van der Waals surface area (Å²) in [5, 5.41) is 6.97. The second kappa shape index (κ2) is 5.79. The number of nitrogens with zero attached hydrogens (tertiary/aromatic N) is 4. The molecule has 24 heavy (non-hydrogen) atoms. The fourth-order valence-electron chi connectivity index (χ4n) is 2.75. The van der Waals surface area contributed by atoms with Crippen molar-refractivity contribution in [2.75, 3.05) is 11.1 Å². The molecule has 0 fully saturated rings. The van der Waals surface area contributed by atoms with Crippen LogP contribution in [0.2, 0.25) is 0 Å². The number of anilines is 1. The minimum Gasteiger partial charge on any atom is -0.308 e. The summed E-state index contributed by atoms with van der Waals surface area (Å²) in [7, 11) is 1.85. The molecule has 0 spiro atoms. The number of halogens is 1. The number of hydrogen-bond donors (Lipinski definition) is 1. The molecule has 122 valence electrons. The van der Waals surface area contributed by atoms with E-state index in [9.17, 15) is 9.18 Å². The fourth-order valence-corrected chi connectivity index (χ4v) is 3.84. The number of benzene rings is 1. The third kappa shape index (κ3) is 2.58. The quantitative estimate of drug-likeness (QED) is 0.776. The molecule has 1 aliphatic rings. The van der Waals surface area contributed by atoms with E-state index in [4.69, 9.17) is 0 Å². The van der Waals surface area contributed by atoms with Crippen LogP contribution in [-0.2, 0) is 11.8 Å². The molecule has 6 nitrogen and oxygen atoms in total. The van der Waals surface area contributed by atoms with Gasteiger partial charge < -0.3 is 5.32 Å². The van der Waals surface area contributed by atoms with Crippen molar-refractivity contribution in [1.82, 2.24) is 19.3 Å². The van der Waals surface area contributed by atoms with Crippen LogP contribution in [0.3, 0.4) is 0 Å². The number of fused-ring (bicyclic) bond motifs is 1. The molecule has 4 rings (SSSR count). The van der Waals surface area contributed by atoms with Gasteiger partial charge in [0.2, 0.25) is 5.91 Å². The Bertz CT molecular complexity index is 902. The Hall–Kier alpha value is -2.61. The topological polar surface area (TPSA) is 64.7 Å². The van der Waals surface area contributed by atoms with Crippen molar-refractivity contribution in [2.45, 2.75) is 5.25 Å². The highest BCUT2D eigenvalue weighted by atomic mass is 32.2. The van der Waals surface area contributed by atoms with E-state index in [1.807, 2.05) is 17.8 Å². The first-order chi connectivity index (χ1) is 11.6. The van der Waals surface area contributed by atoms with Gasteiger partial charge in [-0.3, -0.25) is 14.0 Å². The van der Waals surface area contributed by atoms with Crippen LogP contribution in [-0.4, -0.2) is 31.0 Å². The highest BCUT2D eigenvalue weighted by Gasteiger charge is 2.29. The predicted octanol–water partition coefficient (Wildman–Crippen LogP) is 2.52. The molecular weight excluding hydrogens is 329 g/mol. The number of hydrogen-bond acceptors (Lipinski definition) is 4. The van der Waals surface area contributed by atoms with Gasteiger partial charge in [0.1, 0.15) is 12.1 Å². The van der Waals surface area contributed by atoms with Gasteiger partial charge in [-0.15, -0.1) is 11.8 Å². The van der Waals surface area contributed by atoms with Crippen molar-refractivity contribution in [3.8, 4) is 5.69 Å². The minimum absolute atomic E-state index is 0.0861. The Kier molecular flexibility index (Phi) is 3.61. The van der Waals surface area contributed by atoms with Gasteiger partial charge in [0, 0.05) is 24.5 Å². The number of carbonyl (C=O) groups is 1. The fraction of sp³-hybridized carbons (Fsp3) is 0.188. The number of aromatic nitrogens is 4. The van der Waals surface area contributed by atoms with Crippen molar-refractivity contribution in [2.24, 2.45) is 7.05 Å². The van der Waals surface area contributed by atoms with Crippen LogP contribution in [0.15, 0.2) is 43.0 Å². The van der Waals surface area contributed by atoms with Gasteiger partial charge >= 0.3 is 0 Å². The summed E-state index contributed by atoms with van der Waals surface area (Å²) in [5.41, 5.74) is 2.63. The van der Waals surface area contributed by atoms with Crippen molar-refractivity contribution in [3.63, 3.8) is 0 Å². The van der Waals surface area contributed by atoms with Gasteiger partial charge in [0.15, 0.2) is 5.82 Å². The van der Waals surface area contributed by atoms with Crippen molar-refractivity contribution < 1.29 is 9.18 Å². The zero-order chi connectivity index (χ0) is 16.7. The van der Waals surface area contributed by atoms with E-state index in [-0.39, 0.29) is 17.0 Å². The summed E-state index contributed by atoms with van der Waals surface area (Å²) >= 11 is 1.52. The smallest absolute Gasteiger partial charge is 0.235 e. The Labute approximate surface area is 141 Å². The van der Waals surface area contributed by atoms with Crippen LogP contribution in [0.25, 0.3) is 5.69 Å². The molecule has 1 aliphatic heterocycles. The van der Waals surface area contributed by atoms with E-state index in [0.29, 0.717) is 11.6 Å². The third-order valence-electron chi connectivity index (χ3n) is 3.82. The number of nitrogens with one attached hydrogen (secondary N) is 1. The van der Waals surface area contributed by atoms with Gasteiger partial charge in [-0.1, -0.05) is 0 Å². The van der Waals surface area contributed by atoms with Crippen molar-refractivity contribution >= 4 is 23.5 Å². The lowest BCUT2D eigenvalue weighted by atomic mass is 10.1. The maximum Gasteiger partial charge on any atom is 0.235 e. The molecule has 1 amide bonds. The molecular formula is C16H14FN5OS. The second-order valence-electron chi connectivity index (χ2n) is 5.51. The van der Waals surface area contributed by atoms with Gasteiger partial charge in [-0.05, 0) is 24.3 Å². The Morgan fingerprint density at radius 3 is 2.83 bits per heavy atom. The van der Waals surface area contributed by atoms with E-state index >= 15 is 0 Å². The van der Waals surface area contributed by atoms with E-state index in [2.05, 4.69) is 15.4 Å². The SMILES string of the molecule is Cn1cc([C@@H]2SCC(=O)Nc3ncn(-c4ccc(F)cc4)c32)cn1. The molecule has 1 N–H and O–H groups in total. The summed E-state index contributed by atoms with van der Waals surface area (Å²) in [5.74, 6) is 0.482. The maximum atomic E-state index is 13.2. The lowest BCUT2D eigenvalue weighted by Gasteiger charge is -2.16. The molecule has 2 aromatic heterocycles. The summed E-state index contributed by atoms with van der Waals surface area (Å²) in [6.07, 6.45) is 5.37. The van der Waals surface area contributed by atoms with E-state index in [1.165, 1.54) is 23.9 Å². The highest BCUT2D eigenvalue weighted by molar-refractivity contribution is 8.00. The summed E-state index contributed by atoms with van der Waals surface area (Å²) in [4.78, 5) is 16.3. The summed E-state index contributed by atoms with van der Waals surface area (Å²) in [6, 6.07) is 6.19. The predicted molar refractivity (Wildman–Crippen MR) is 89.7 cm³/mol. The lowest BCUT2D eigenvalue weighted by Crippen LogP contribution is -2.12. The molecule has 3 heterocycles. The number of rotatable bonds is 2. The minimum atomic E-state index is -0.295. The number of imidazole rings is 1. The lowest BCUT2D eigenvalue weighted by molar-refractivity contribution is -0.113. The van der Waals surface area contributed by atoms with E-state index < -0.39 is 0 Å². The van der Waals surface area contributed by atoms with Gasteiger partial charge in [0.25, 0.3) is 0 Å². The first-order valence-corrected chi connectivity index (χ1v) is 8.40. The van der Waals surface area contributed by atoms with Crippen LogP contribution in [0.1, 0.15) is 16.5 Å². The molecule has 1 aromatic carbocycles. The first kappa shape index (κ1) is 14.9. The monoisotopic (exact) mass is 343 g/mol. The average Bonchev–Trinajstić information content (AvgIpc) is 3.12.